The van der Waals surface area contributed by atoms with Gasteiger partial charge in [0.1, 0.15) is 5.54 Å². The Kier molecular flexibility index (Phi) is 5.26. The van der Waals surface area contributed by atoms with Crippen LogP contribution in [0.4, 0.5) is 4.79 Å². The molecule has 114 valence electrons. The van der Waals surface area contributed by atoms with E-state index >= 15 is 0 Å². The van der Waals surface area contributed by atoms with Crippen molar-refractivity contribution in [2.45, 2.75) is 69.7 Å². The minimum atomic E-state index is -1.04. The second-order valence-electron chi connectivity index (χ2n) is 6.13. The number of amides is 2. The van der Waals surface area contributed by atoms with E-state index in [0.717, 1.165) is 64.5 Å². The largest absolute Gasteiger partial charge is 0.480 e. The Hall–Kier alpha value is -1.26. The summed E-state index contributed by atoms with van der Waals surface area (Å²) in [5.41, 5.74) is -1.04. The van der Waals surface area contributed by atoms with Gasteiger partial charge in [-0.2, -0.15) is 0 Å². The number of carbonyl (C=O) groups is 2. The van der Waals surface area contributed by atoms with Gasteiger partial charge in [0.2, 0.25) is 0 Å². The minimum Gasteiger partial charge on any atom is -0.480 e. The van der Waals surface area contributed by atoms with E-state index in [2.05, 4.69) is 5.32 Å². The van der Waals surface area contributed by atoms with Crippen LogP contribution >= 0.6 is 0 Å². The SMILES string of the molecule is O=C(NC1(C(=O)O)CCCCCC1)N1CCCCCC1. The third kappa shape index (κ3) is 3.64. The lowest BCUT2D eigenvalue weighted by molar-refractivity contribution is -0.145. The third-order valence-electron chi connectivity index (χ3n) is 4.61. The van der Waals surface area contributed by atoms with E-state index in [0.29, 0.717) is 12.8 Å². The van der Waals surface area contributed by atoms with Crippen molar-refractivity contribution >= 4 is 12.0 Å². The van der Waals surface area contributed by atoms with Gasteiger partial charge in [0, 0.05) is 13.1 Å². The van der Waals surface area contributed by atoms with Crippen LogP contribution in [0.5, 0.6) is 0 Å². The van der Waals surface area contributed by atoms with Crippen LogP contribution in [0.2, 0.25) is 0 Å². The average molecular weight is 282 g/mol. The Bertz CT molecular complexity index is 341. The van der Waals surface area contributed by atoms with E-state index in [1.54, 1.807) is 4.90 Å². The zero-order valence-electron chi connectivity index (χ0n) is 12.2. The summed E-state index contributed by atoms with van der Waals surface area (Å²) in [5.74, 6) is -0.873. The van der Waals surface area contributed by atoms with Gasteiger partial charge in [0.05, 0.1) is 0 Å². The Balaban J connectivity index is 2.02. The number of nitrogens with zero attached hydrogens (tertiary/aromatic N) is 1. The van der Waals surface area contributed by atoms with Crippen molar-refractivity contribution in [2.24, 2.45) is 0 Å². The molecule has 20 heavy (non-hydrogen) atoms. The first-order chi connectivity index (χ1) is 9.64. The lowest BCUT2D eigenvalue weighted by atomic mass is 9.90. The number of aliphatic carboxylic acids is 1. The molecule has 0 atom stereocenters. The number of hydrogen-bond acceptors (Lipinski definition) is 2. The summed E-state index contributed by atoms with van der Waals surface area (Å²) in [4.78, 5) is 25.9. The van der Waals surface area contributed by atoms with Crippen molar-refractivity contribution in [1.29, 1.82) is 0 Å². The van der Waals surface area contributed by atoms with Crippen molar-refractivity contribution in [2.75, 3.05) is 13.1 Å². The normalized spacial score (nSPS) is 23.5. The first-order valence-corrected chi connectivity index (χ1v) is 7.95. The van der Waals surface area contributed by atoms with E-state index < -0.39 is 11.5 Å². The fraction of sp³-hybridized carbons (Fsp3) is 0.867. The van der Waals surface area contributed by atoms with Gasteiger partial charge < -0.3 is 15.3 Å². The Labute approximate surface area is 120 Å². The number of carbonyl (C=O) groups excluding carboxylic acids is 1. The molecule has 0 aromatic heterocycles. The lowest BCUT2D eigenvalue weighted by Gasteiger charge is -2.32. The summed E-state index contributed by atoms with van der Waals surface area (Å²) in [5, 5.41) is 12.4. The molecule has 0 aromatic rings. The van der Waals surface area contributed by atoms with E-state index in [9.17, 15) is 14.7 Å². The molecule has 1 aliphatic heterocycles. The van der Waals surface area contributed by atoms with Crippen LogP contribution in [0.1, 0.15) is 64.2 Å². The summed E-state index contributed by atoms with van der Waals surface area (Å²) in [7, 11) is 0. The highest BCUT2D eigenvalue weighted by molar-refractivity contribution is 5.86. The average Bonchev–Trinajstić information content (AvgIpc) is 2.81. The van der Waals surface area contributed by atoms with Gasteiger partial charge in [-0.25, -0.2) is 9.59 Å². The van der Waals surface area contributed by atoms with Crippen LogP contribution in [0.15, 0.2) is 0 Å². The van der Waals surface area contributed by atoms with E-state index in [1.807, 2.05) is 0 Å². The standard InChI is InChI=1S/C15H26N2O3/c18-13(19)15(9-5-1-2-6-10-15)16-14(20)17-11-7-3-4-8-12-17/h1-12H2,(H,16,20)(H,18,19). The molecule has 2 rings (SSSR count). The summed E-state index contributed by atoms with van der Waals surface area (Å²) in [6.07, 6.45) is 9.37. The summed E-state index contributed by atoms with van der Waals surface area (Å²) in [6.45, 7) is 1.50. The van der Waals surface area contributed by atoms with Gasteiger partial charge in [-0.3, -0.25) is 0 Å². The molecule has 2 N–H and O–H groups in total. The Morgan fingerprint density at radius 2 is 1.35 bits per heavy atom. The zero-order valence-corrected chi connectivity index (χ0v) is 12.2. The highest BCUT2D eigenvalue weighted by Crippen LogP contribution is 2.28. The van der Waals surface area contributed by atoms with Gasteiger partial charge in [-0.15, -0.1) is 0 Å². The second-order valence-corrected chi connectivity index (χ2v) is 6.13. The predicted molar refractivity (Wildman–Crippen MR) is 76.6 cm³/mol. The molecule has 0 aromatic carbocycles. The maximum atomic E-state index is 12.4. The Morgan fingerprint density at radius 3 is 1.85 bits per heavy atom. The van der Waals surface area contributed by atoms with Crippen LogP contribution in [0.25, 0.3) is 0 Å². The fourth-order valence-electron chi connectivity index (χ4n) is 3.28. The Morgan fingerprint density at radius 1 is 0.850 bits per heavy atom. The lowest BCUT2D eigenvalue weighted by Crippen LogP contribution is -2.57. The monoisotopic (exact) mass is 282 g/mol. The molecule has 5 nitrogen and oxygen atoms in total. The quantitative estimate of drug-likeness (QED) is 0.765. The maximum Gasteiger partial charge on any atom is 0.329 e. The van der Waals surface area contributed by atoms with Crippen LogP contribution < -0.4 is 5.32 Å². The van der Waals surface area contributed by atoms with Crippen molar-refractivity contribution in [3.63, 3.8) is 0 Å². The van der Waals surface area contributed by atoms with Gasteiger partial charge in [-0.1, -0.05) is 38.5 Å². The van der Waals surface area contributed by atoms with Gasteiger partial charge in [0.15, 0.2) is 0 Å². The smallest absolute Gasteiger partial charge is 0.329 e. The predicted octanol–water partition coefficient (Wildman–Crippen LogP) is 2.75. The van der Waals surface area contributed by atoms with Gasteiger partial charge in [0.25, 0.3) is 0 Å². The molecule has 0 radical (unpaired) electrons. The molecule has 2 amide bonds. The maximum absolute atomic E-state index is 12.4. The number of urea groups is 1. The molecule has 1 saturated heterocycles. The minimum absolute atomic E-state index is 0.184. The number of hydrogen-bond donors (Lipinski definition) is 2. The molecule has 1 saturated carbocycles. The van der Waals surface area contributed by atoms with Gasteiger partial charge in [-0.05, 0) is 25.7 Å². The molecule has 0 unspecified atom stereocenters. The van der Waals surface area contributed by atoms with Crippen LogP contribution in [-0.4, -0.2) is 40.6 Å². The number of rotatable bonds is 2. The molecule has 1 aliphatic carbocycles. The molecule has 2 fully saturated rings. The number of nitrogens with one attached hydrogen (secondary N) is 1. The molecule has 2 aliphatic rings. The molecular weight excluding hydrogens is 256 g/mol. The topological polar surface area (TPSA) is 69.6 Å². The number of carboxylic acid groups (broad SMARTS) is 1. The zero-order chi connectivity index (χ0) is 14.4. The number of likely N-dealkylation sites (tertiary alicyclic amines) is 1. The van der Waals surface area contributed by atoms with Crippen molar-refractivity contribution < 1.29 is 14.7 Å². The van der Waals surface area contributed by atoms with Crippen LogP contribution in [-0.2, 0) is 4.79 Å². The van der Waals surface area contributed by atoms with Crippen LogP contribution in [0.3, 0.4) is 0 Å². The van der Waals surface area contributed by atoms with Crippen LogP contribution in [0, 0.1) is 0 Å². The van der Waals surface area contributed by atoms with Crippen molar-refractivity contribution in [1.82, 2.24) is 10.2 Å². The summed E-state index contributed by atoms with van der Waals surface area (Å²) < 4.78 is 0. The molecule has 0 bridgehead atoms. The summed E-state index contributed by atoms with van der Waals surface area (Å²) >= 11 is 0. The van der Waals surface area contributed by atoms with Crippen molar-refractivity contribution in [3.8, 4) is 0 Å². The summed E-state index contributed by atoms with van der Waals surface area (Å²) in [6, 6.07) is -0.184. The number of carboxylic acids is 1. The third-order valence-corrected chi connectivity index (χ3v) is 4.61. The van der Waals surface area contributed by atoms with E-state index in [-0.39, 0.29) is 6.03 Å². The first kappa shape index (κ1) is 15.1. The first-order valence-electron chi connectivity index (χ1n) is 7.95. The van der Waals surface area contributed by atoms with E-state index in [4.69, 9.17) is 0 Å². The second kappa shape index (κ2) is 6.95. The molecule has 5 heteroatoms. The molecule has 1 heterocycles. The highest BCUT2D eigenvalue weighted by atomic mass is 16.4. The van der Waals surface area contributed by atoms with E-state index in [1.165, 1.54) is 0 Å². The fourth-order valence-corrected chi connectivity index (χ4v) is 3.28. The highest BCUT2D eigenvalue weighted by Gasteiger charge is 2.40. The molecular formula is C15H26N2O3. The van der Waals surface area contributed by atoms with Gasteiger partial charge >= 0.3 is 12.0 Å². The van der Waals surface area contributed by atoms with Crippen molar-refractivity contribution in [3.05, 3.63) is 0 Å². The molecule has 0 spiro atoms.